The third-order valence-corrected chi connectivity index (χ3v) is 4.26. The number of carbonyl (C=O) groups is 1. The Morgan fingerprint density at radius 3 is 2.77 bits per heavy atom. The average Bonchev–Trinajstić information content (AvgIpc) is 2.66. The number of nitrogens with zero attached hydrogens (tertiary/aromatic N) is 1. The lowest BCUT2D eigenvalue weighted by atomic mass is 10.0. The lowest BCUT2D eigenvalue weighted by Gasteiger charge is -2.09. The van der Waals surface area contributed by atoms with Gasteiger partial charge in [0.15, 0.2) is 0 Å². The van der Waals surface area contributed by atoms with Gasteiger partial charge >= 0.3 is 11.6 Å². The summed E-state index contributed by atoms with van der Waals surface area (Å²) in [5, 5.41) is 2.97. The van der Waals surface area contributed by atoms with Crippen LogP contribution in [0.5, 0.6) is 0 Å². The minimum atomic E-state index is -0.546. The molecule has 5 nitrogen and oxygen atoms in total. The third-order valence-electron chi connectivity index (χ3n) is 4.04. The van der Waals surface area contributed by atoms with Crippen molar-refractivity contribution >= 4 is 39.3 Å². The molecule has 0 bridgehead atoms. The van der Waals surface area contributed by atoms with Crippen LogP contribution in [0.2, 0.25) is 5.15 Å². The molecule has 0 radical (unpaired) electrons. The molecule has 0 N–H and O–H groups in total. The van der Waals surface area contributed by atoms with Crippen LogP contribution >= 0.6 is 11.6 Å². The molecule has 0 unspecified atom stereocenters. The first-order valence-electron chi connectivity index (χ1n) is 7.85. The second-order valence-corrected chi connectivity index (χ2v) is 6.08. The standard InChI is InChI=1S/C20H12ClNO4/c21-17-8-6-13(10-22-17)20(24)25-11-14-9-18(23)26-16-7-5-12-3-1-2-4-15(12)19(14)16/h1-10H,11H2. The maximum absolute atomic E-state index is 12.2. The van der Waals surface area contributed by atoms with E-state index in [1.165, 1.54) is 24.4 Å². The van der Waals surface area contributed by atoms with Crippen molar-refractivity contribution < 1.29 is 13.9 Å². The van der Waals surface area contributed by atoms with Crippen molar-refractivity contribution in [1.29, 1.82) is 0 Å². The van der Waals surface area contributed by atoms with E-state index in [-0.39, 0.29) is 12.2 Å². The summed E-state index contributed by atoms with van der Waals surface area (Å²) in [6.07, 6.45) is 1.34. The smallest absolute Gasteiger partial charge is 0.340 e. The van der Waals surface area contributed by atoms with Gasteiger partial charge in [-0.25, -0.2) is 14.6 Å². The summed E-state index contributed by atoms with van der Waals surface area (Å²) in [6, 6.07) is 15.8. The van der Waals surface area contributed by atoms with E-state index in [1.54, 1.807) is 6.07 Å². The van der Waals surface area contributed by atoms with Gasteiger partial charge in [0, 0.05) is 23.2 Å². The fraction of sp³-hybridized carbons (Fsp3) is 0.0500. The van der Waals surface area contributed by atoms with Crippen LogP contribution < -0.4 is 5.63 Å². The molecule has 0 saturated heterocycles. The number of hydrogen-bond acceptors (Lipinski definition) is 5. The third kappa shape index (κ3) is 3.05. The van der Waals surface area contributed by atoms with Crippen molar-refractivity contribution in [2.45, 2.75) is 6.61 Å². The van der Waals surface area contributed by atoms with Gasteiger partial charge in [-0.05, 0) is 29.0 Å². The largest absolute Gasteiger partial charge is 0.457 e. The fourth-order valence-electron chi connectivity index (χ4n) is 2.86. The van der Waals surface area contributed by atoms with E-state index in [1.807, 2.05) is 30.3 Å². The Kier molecular flexibility index (Phi) is 4.14. The number of fused-ring (bicyclic) bond motifs is 3. The zero-order chi connectivity index (χ0) is 18.1. The Morgan fingerprint density at radius 2 is 1.96 bits per heavy atom. The van der Waals surface area contributed by atoms with Crippen molar-refractivity contribution in [3.63, 3.8) is 0 Å². The predicted octanol–water partition coefficient (Wildman–Crippen LogP) is 4.35. The molecule has 26 heavy (non-hydrogen) atoms. The highest BCUT2D eigenvalue weighted by Gasteiger charge is 2.13. The number of esters is 1. The minimum absolute atomic E-state index is 0.0580. The molecule has 0 saturated carbocycles. The van der Waals surface area contributed by atoms with Crippen molar-refractivity contribution in [1.82, 2.24) is 4.98 Å². The van der Waals surface area contributed by atoms with Crippen LogP contribution in [0, 0.1) is 0 Å². The number of carbonyl (C=O) groups excluding carboxylic acids is 1. The Bertz CT molecular complexity index is 1180. The van der Waals surface area contributed by atoms with E-state index in [9.17, 15) is 9.59 Å². The second-order valence-electron chi connectivity index (χ2n) is 5.70. The van der Waals surface area contributed by atoms with Gasteiger partial charge in [-0.1, -0.05) is 41.9 Å². The highest BCUT2D eigenvalue weighted by molar-refractivity contribution is 6.29. The molecule has 0 atom stereocenters. The average molecular weight is 366 g/mol. The molecule has 128 valence electrons. The quantitative estimate of drug-likeness (QED) is 0.233. The lowest BCUT2D eigenvalue weighted by molar-refractivity contribution is 0.0473. The molecule has 2 aromatic carbocycles. The number of rotatable bonds is 3. The Morgan fingerprint density at radius 1 is 1.12 bits per heavy atom. The van der Waals surface area contributed by atoms with Crippen LogP contribution in [0.4, 0.5) is 0 Å². The molecule has 2 heterocycles. The Hall–Kier alpha value is -3.18. The number of pyridine rings is 1. The molecular weight excluding hydrogens is 354 g/mol. The lowest BCUT2D eigenvalue weighted by Crippen LogP contribution is -2.08. The SMILES string of the molecule is O=C(OCc1cc(=O)oc2ccc3ccccc3c12)c1ccc(Cl)nc1. The summed E-state index contributed by atoms with van der Waals surface area (Å²) in [7, 11) is 0. The van der Waals surface area contributed by atoms with Gasteiger partial charge in [0.05, 0.1) is 5.56 Å². The van der Waals surface area contributed by atoms with Crippen molar-refractivity contribution in [2.75, 3.05) is 0 Å². The number of benzene rings is 2. The summed E-state index contributed by atoms with van der Waals surface area (Å²) < 4.78 is 10.7. The Balaban J connectivity index is 1.73. The van der Waals surface area contributed by atoms with Gasteiger partial charge < -0.3 is 9.15 Å². The molecule has 6 heteroatoms. The molecule has 0 aliphatic heterocycles. The Labute approximate surface area is 152 Å². The highest BCUT2D eigenvalue weighted by atomic mass is 35.5. The monoisotopic (exact) mass is 365 g/mol. The van der Waals surface area contributed by atoms with E-state index in [0.29, 0.717) is 16.3 Å². The van der Waals surface area contributed by atoms with E-state index in [4.69, 9.17) is 20.8 Å². The van der Waals surface area contributed by atoms with Crippen molar-refractivity contribution in [2.24, 2.45) is 0 Å². The fourth-order valence-corrected chi connectivity index (χ4v) is 2.97. The van der Waals surface area contributed by atoms with Gasteiger partial charge in [-0.3, -0.25) is 0 Å². The molecule has 4 rings (SSSR count). The first kappa shape index (κ1) is 16.3. The normalized spacial score (nSPS) is 11.0. The topological polar surface area (TPSA) is 69.4 Å². The van der Waals surface area contributed by atoms with Gasteiger partial charge in [0.2, 0.25) is 0 Å². The maximum Gasteiger partial charge on any atom is 0.340 e. The molecule has 0 fully saturated rings. The van der Waals surface area contributed by atoms with Crippen molar-refractivity contribution in [3.05, 3.63) is 87.5 Å². The van der Waals surface area contributed by atoms with Crippen LogP contribution in [0.15, 0.2) is 70.0 Å². The van der Waals surface area contributed by atoms with E-state index >= 15 is 0 Å². The van der Waals surface area contributed by atoms with Crippen LogP contribution in [0.3, 0.4) is 0 Å². The molecule has 0 spiro atoms. The number of hydrogen-bond donors (Lipinski definition) is 0. The van der Waals surface area contributed by atoms with E-state index < -0.39 is 11.6 Å². The number of ether oxygens (including phenoxy) is 1. The molecular formula is C20H12ClNO4. The van der Waals surface area contributed by atoms with E-state index in [2.05, 4.69) is 4.98 Å². The summed E-state index contributed by atoms with van der Waals surface area (Å²) in [5.41, 5.74) is 0.831. The first-order valence-corrected chi connectivity index (χ1v) is 8.23. The van der Waals surface area contributed by atoms with Crippen molar-refractivity contribution in [3.8, 4) is 0 Å². The van der Waals surface area contributed by atoms with Gasteiger partial charge in [-0.15, -0.1) is 0 Å². The number of halogens is 1. The van der Waals surface area contributed by atoms with E-state index in [0.717, 1.165) is 16.2 Å². The first-order chi connectivity index (χ1) is 12.6. The highest BCUT2D eigenvalue weighted by Crippen LogP contribution is 2.27. The molecule has 4 aromatic rings. The molecule has 2 aromatic heterocycles. The maximum atomic E-state index is 12.2. The molecule has 0 amide bonds. The van der Waals surface area contributed by atoms with Gasteiger partial charge in [-0.2, -0.15) is 0 Å². The van der Waals surface area contributed by atoms with Gasteiger partial charge in [0.25, 0.3) is 0 Å². The second kappa shape index (κ2) is 6.61. The molecule has 0 aliphatic carbocycles. The molecule has 0 aliphatic rings. The predicted molar refractivity (Wildman–Crippen MR) is 98.4 cm³/mol. The summed E-state index contributed by atoms with van der Waals surface area (Å²) in [4.78, 5) is 27.9. The summed E-state index contributed by atoms with van der Waals surface area (Å²) in [5.74, 6) is -0.546. The summed E-state index contributed by atoms with van der Waals surface area (Å²) in [6.45, 7) is -0.0580. The van der Waals surface area contributed by atoms with Crippen LogP contribution in [0.25, 0.3) is 21.7 Å². The van der Waals surface area contributed by atoms with Gasteiger partial charge in [0.1, 0.15) is 17.3 Å². The number of aromatic nitrogens is 1. The minimum Gasteiger partial charge on any atom is -0.457 e. The summed E-state index contributed by atoms with van der Waals surface area (Å²) >= 11 is 5.72. The van der Waals surface area contributed by atoms with Crippen LogP contribution in [-0.2, 0) is 11.3 Å². The zero-order valence-corrected chi connectivity index (χ0v) is 14.2. The van der Waals surface area contributed by atoms with Crippen LogP contribution in [-0.4, -0.2) is 11.0 Å². The van der Waals surface area contributed by atoms with Crippen LogP contribution in [0.1, 0.15) is 15.9 Å². The zero-order valence-electron chi connectivity index (χ0n) is 13.4.